The summed E-state index contributed by atoms with van der Waals surface area (Å²) >= 11 is 0. The van der Waals surface area contributed by atoms with Crippen molar-refractivity contribution in [2.45, 2.75) is 12.8 Å². The van der Waals surface area contributed by atoms with Crippen molar-refractivity contribution in [1.82, 2.24) is 4.98 Å². The Morgan fingerprint density at radius 3 is 2.48 bits per heavy atom. The number of rotatable bonds is 6. The smallest absolute Gasteiger partial charge is 0.253 e. The lowest BCUT2D eigenvalue weighted by Crippen LogP contribution is -2.06. The number of nitrogens with one attached hydrogen (secondary N) is 1. The molecule has 0 saturated carbocycles. The molecule has 0 amide bonds. The molecule has 0 saturated heterocycles. The van der Waals surface area contributed by atoms with E-state index in [1.807, 2.05) is 6.07 Å². The Hall–Kier alpha value is -2.82. The molecule has 0 aliphatic heterocycles. The zero-order valence-corrected chi connectivity index (χ0v) is 11.7. The third-order valence-corrected chi connectivity index (χ3v) is 2.80. The largest absolute Gasteiger partial charge is 0.493 e. The Balaban J connectivity index is 2.17. The van der Waals surface area contributed by atoms with Crippen LogP contribution in [0.2, 0.25) is 0 Å². The second kappa shape index (κ2) is 7.45. The van der Waals surface area contributed by atoms with E-state index in [0.29, 0.717) is 18.6 Å². The average Bonchev–Trinajstić information content (AvgIpc) is 2.54. The molecule has 8 heteroatoms. The van der Waals surface area contributed by atoms with Crippen LogP contribution in [-0.2, 0) is 0 Å². The second-order valence-corrected chi connectivity index (χ2v) is 4.46. The molecule has 2 rings (SSSR count). The highest BCUT2D eigenvalue weighted by atomic mass is 19.2. The molecule has 0 radical (unpaired) electrons. The van der Waals surface area contributed by atoms with Gasteiger partial charge in [-0.3, -0.25) is 0 Å². The highest BCUT2D eigenvalue weighted by Crippen LogP contribution is 2.27. The Morgan fingerprint density at radius 1 is 1.13 bits per heavy atom. The minimum atomic E-state index is -1.74. The van der Waals surface area contributed by atoms with Crippen molar-refractivity contribution in [3.8, 4) is 11.8 Å². The zero-order valence-electron chi connectivity index (χ0n) is 11.7. The van der Waals surface area contributed by atoms with Crippen molar-refractivity contribution in [3.05, 3.63) is 47.8 Å². The standard InChI is InChI=1S/C15H11F4N3O/c16-11-13(12(17)15(19)22-14(11)18)21-9-4-3-5-10(8-9)23-7-2-1-6-20/h3-5,8H,1-2,7H2,(H,21,22). The molecule has 4 nitrogen and oxygen atoms in total. The number of anilines is 2. The van der Waals surface area contributed by atoms with Crippen LogP contribution in [0.1, 0.15) is 12.8 Å². The highest BCUT2D eigenvalue weighted by molar-refractivity contribution is 5.62. The van der Waals surface area contributed by atoms with E-state index in [4.69, 9.17) is 10.00 Å². The van der Waals surface area contributed by atoms with Crippen molar-refractivity contribution >= 4 is 11.4 Å². The number of hydrogen-bond acceptors (Lipinski definition) is 4. The fraction of sp³-hybridized carbons (Fsp3) is 0.200. The fourth-order valence-electron chi connectivity index (χ4n) is 1.75. The number of hydrogen-bond donors (Lipinski definition) is 1. The summed E-state index contributed by atoms with van der Waals surface area (Å²) in [7, 11) is 0. The van der Waals surface area contributed by atoms with Crippen molar-refractivity contribution in [2.75, 3.05) is 11.9 Å². The van der Waals surface area contributed by atoms with E-state index in [1.54, 1.807) is 6.07 Å². The molecule has 120 valence electrons. The van der Waals surface area contributed by atoms with Crippen LogP contribution in [0.3, 0.4) is 0 Å². The second-order valence-electron chi connectivity index (χ2n) is 4.46. The van der Waals surface area contributed by atoms with Gasteiger partial charge < -0.3 is 10.1 Å². The van der Waals surface area contributed by atoms with Gasteiger partial charge in [-0.25, -0.2) is 0 Å². The Morgan fingerprint density at radius 2 is 1.83 bits per heavy atom. The number of benzene rings is 1. The van der Waals surface area contributed by atoms with Crippen LogP contribution in [0.4, 0.5) is 28.9 Å². The van der Waals surface area contributed by atoms with Crippen molar-refractivity contribution < 1.29 is 22.3 Å². The van der Waals surface area contributed by atoms with Gasteiger partial charge in [-0.2, -0.15) is 27.8 Å². The summed E-state index contributed by atoms with van der Waals surface area (Å²) in [6, 6.07) is 7.94. The van der Waals surface area contributed by atoms with Gasteiger partial charge in [-0.15, -0.1) is 0 Å². The average molecular weight is 325 g/mol. The van der Waals surface area contributed by atoms with Crippen LogP contribution in [0.5, 0.6) is 5.75 Å². The summed E-state index contributed by atoms with van der Waals surface area (Å²) in [4.78, 5) is 2.48. The first-order chi connectivity index (χ1) is 11.0. The normalized spacial score (nSPS) is 10.2. The quantitative estimate of drug-likeness (QED) is 0.494. The van der Waals surface area contributed by atoms with E-state index in [-0.39, 0.29) is 12.3 Å². The molecule has 1 aromatic carbocycles. The van der Waals surface area contributed by atoms with Crippen LogP contribution in [0, 0.1) is 34.9 Å². The molecule has 1 N–H and O–H groups in total. The van der Waals surface area contributed by atoms with Gasteiger partial charge in [0.15, 0.2) is 0 Å². The molecule has 0 atom stereocenters. The van der Waals surface area contributed by atoms with Gasteiger partial charge in [0.05, 0.1) is 12.7 Å². The summed E-state index contributed by atoms with van der Waals surface area (Å²) in [5, 5.41) is 10.7. The molecule has 0 unspecified atom stereocenters. The third-order valence-electron chi connectivity index (χ3n) is 2.80. The molecule has 0 spiro atoms. The molecule has 1 aromatic heterocycles. The van der Waals surface area contributed by atoms with Gasteiger partial charge in [0, 0.05) is 18.2 Å². The van der Waals surface area contributed by atoms with Gasteiger partial charge in [-0.05, 0) is 18.6 Å². The maximum atomic E-state index is 13.5. The molecular formula is C15H11F4N3O. The van der Waals surface area contributed by atoms with E-state index >= 15 is 0 Å². The van der Waals surface area contributed by atoms with Gasteiger partial charge in [0.1, 0.15) is 11.4 Å². The predicted molar refractivity (Wildman–Crippen MR) is 74.1 cm³/mol. The summed E-state index contributed by atoms with van der Waals surface area (Å²) in [6.45, 7) is 0.290. The zero-order chi connectivity index (χ0) is 16.8. The van der Waals surface area contributed by atoms with E-state index in [0.717, 1.165) is 0 Å². The lowest BCUT2D eigenvalue weighted by molar-refractivity contribution is 0.313. The summed E-state index contributed by atoms with van der Waals surface area (Å²) in [5.74, 6) is -6.34. The van der Waals surface area contributed by atoms with Crippen molar-refractivity contribution in [1.29, 1.82) is 5.26 Å². The highest BCUT2D eigenvalue weighted by Gasteiger charge is 2.20. The van der Waals surface area contributed by atoms with Crippen LogP contribution in [0.15, 0.2) is 24.3 Å². The topological polar surface area (TPSA) is 57.9 Å². The minimum Gasteiger partial charge on any atom is -0.493 e. The minimum absolute atomic E-state index is 0.172. The predicted octanol–water partition coefficient (Wildman–Crippen LogP) is 4.06. The van der Waals surface area contributed by atoms with Crippen LogP contribution in [0.25, 0.3) is 0 Å². The van der Waals surface area contributed by atoms with E-state index in [2.05, 4.69) is 10.3 Å². The molecule has 0 aliphatic rings. The fourth-order valence-corrected chi connectivity index (χ4v) is 1.75. The monoisotopic (exact) mass is 325 g/mol. The summed E-state index contributed by atoms with van der Waals surface area (Å²) in [6.07, 6.45) is 0.863. The van der Waals surface area contributed by atoms with Crippen LogP contribution < -0.4 is 10.1 Å². The number of nitriles is 1. The van der Waals surface area contributed by atoms with Crippen molar-refractivity contribution in [2.24, 2.45) is 0 Å². The maximum absolute atomic E-state index is 13.5. The third kappa shape index (κ3) is 4.10. The van der Waals surface area contributed by atoms with Crippen LogP contribution in [-0.4, -0.2) is 11.6 Å². The van der Waals surface area contributed by atoms with Gasteiger partial charge in [0.25, 0.3) is 11.9 Å². The van der Waals surface area contributed by atoms with Crippen molar-refractivity contribution in [3.63, 3.8) is 0 Å². The van der Waals surface area contributed by atoms with Gasteiger partial charge in [-0.1, -0.05) is 6.07 Å². The molecule has 1 heterocycles. The molecule has 23 heavy (non-hydrogen) atoms. The number of halogens is 4. The Bertz CT molecular complexity index is 720. The van der Waals surface area contributed by atoms with Crippen LogP contribution >= 0.6 is 0 Å². The van der Waals surface area contributed by atoms with Gasteiger partial charge >= 0.3 is 0 Å². The maximum Gasteiger partial charge on any atom is 0.253 e. The number of aromatic nitrogens is 1. The first-order valence-corrected chi connectivity index (χ1v) is 6.59. The molecule has 0 aliphatic carbocycles. The van der Waals surface area contributed by atoms with E-state index < -0.39 is 29.2 Å². The number of nitrogens with zero attached hydrogens (tertiary/aromatic N) is 2. The molecular weight excluding hydrogens is 314 g/mol. The summed E-state index contributed by atoms with van der Waals surface area (Å²) < 4.78 is 58.6. The molecule has 2 aromatic rings. The number of unbranched alkanes of at least 4 members (excludes halogenated alkanes) is 1. The Labute approximate surface area is 129 Å². The number of ether oxygens (including phenoxy) is 1. The molecule has 0 fully saturated rings. The van der Waals surface area contributed by atoms with E-state index in [1.165, 1.54) is 18.2 Å². The lowest BCUT2D eigenvalue weighted by Gasteiger charge is -2.11. The first kappa shape index (κ1) is 16.5. The summed E-state index contributed by atoms with van der Waals surface area (Å²) in [5.41, 5.74) is -0.804. The SMILES string of the molecule is N#CCCCOc1cccc(Nc2c(F)c(F)nc(F)c2F)c1. The van der Waals surface area contributed by atoms with E-state index in [9.17, 15) is 17.6 Å². The Kier molecular flexibility index (Phi) is 5.36. The first-order valence-electron chi connectivity index (χ1n) is 6.59. The van der Waals surface area contributed by atoms with Gasteiger partial charge in [0.2, 0.25) is 11.6 Å². The molecule has 0 bridgehead atoms. The number of pyridine rings is 1. The lowest BCUT2D eigenvalue weighted by atomic mass is 10.2.